The topological polar surface area (TPSA) is 29.5 Å². The Bertz CT molecular complexity index is 340. The fraction of sp³-hybridized carbons (Fsp3) is 0.545. The smallest absolute Gasteiger partial charge is 0.264 e. The van der Waals surface area contributed by atoms with E-state index in [1.54, 1.807) is 12.0 Å². The summed E-state index contributed by atoms with van der Waals surface area (Å²) in [5.41, 5.74) is 1.02. The van der Waals surface area contributed by atoms with Crippen molar-refractivity contribution in [2.45, 2.75) is 6.92 Å². The summed E-state index contributed by atoms with van der Waals surface area (Å²) in [4.78, 5) is 14.7. The second kappa shape index (κ2) is 6.89. The number of rotatable bonds is 6. The largest absolute Gasteiger partial charge is 0.383 e. The summed E-state index contributed by atoms with van der Waals surface area (Å²) in [5.74, 6) is 0.491. The first-order chi connectivity index (χ1) is 7.70. The normalized spacial score (nSPS) is 10.4. The van der Waals surface area contributed by atoms with Crippen LogP contribution in [0.3, 0.4) is 0 Å². The number of hydrogen-bond acceptors (Lipinski definition) is 3. The molecule has 0 saturated heterocycles. The Hall–Kier alpha value is -0.580. The van der Waals surface area contributed by atoms with Crippen LogP contribution in [0.1, 0.15) is 15.2 Å². The number of nitrogens with zero attached hydrogens (tertiary/aromatic N) is 1. The lowest BCUT2D eigenvalue weighted by Gasteiger charge is -2.20. The Morgan fingerprint density at radius 1 is 1.56 bits per heavy atom. The second-order valence-electron chi connectivity index (χ2n) is 3.41. The van der Waals surface area contributed by atoms with Crippen molar-refractivity contribution in [3.8, 4) is 0 Å². The lowest BCUT2D eigenvalue weighted by Crippen LogP contribution is -2.35. The zero-order chi connectivity index (χ0) is 12.0. The molecule has 0 radical (unpaired) electrons. The molecular formula is C11H16ClNO2S. The number of halogens is 1. The van der Waals surface area contributed by atoms with E-state index >= 15 is 0 Å². The maximum Gasteiger partial charge on any atom is 0.264 e. The first kappa shape index (κ1) is 13.5. The van der Waals surface area contributed by atoms with Crippen LogP contribution < -0.4 is 0 Å². The molecule has 1 amide bonds. The highest BCUT2D eigenvalue weighted by Gasteiger charge is 2.17. The highest BCUT2D eigenvalue weighted by atomic mass is 35.5. The molecule has 1 heterocycles. The van der Waals surface area contributed by atoms with Gasteiger partial charge in [-0.15, -0.1) is 22.9 Å². The van der Waals surface area contributed by atoms with E-state index in [9.17, 15) is 4.79 Å². The molecule has 1 aromatic rings. The molecule has 0 atom stereocenters. The number of carbonyl (C=O) groups is 1. The van der Waals surface area contributed by atoms with Gasteiger partial charge in [0.2, 0.25) is 0 Å². The van der Waals surface area contributed by atoms with Crippen LogP contribution in [-0.4, -0.2) is 43.5 Å². The van der Waals surface area contributed by atoms with Crippen molar-refractivity contribution in [2.24, 2.45) is 0 Å². The van der Waals surface area contributed by atoms with Crippen LogP contribution >= 0.6 is 22.9 Å². The van der Waals surface area contributed by atoms with Crippen molar-refractivity contribution in [3.63, 3.8) is 0 Å². The Balaban J connectivity index is 2.70. The maximum absolute atomic E-state index is 12.1. The molecule has 3 nitrogen and oxygen atoms in total. The quantitative estimate of drug-likeness (QED) is 0.736. The van der Waals surface area contributed by atoms with Crippen LogP contribution in [-0.2, 0) is 4.74 Å². The number of amides is 1. The Kier molecular flexibility index (Phi) is 5.80. The fourth-order valence-corrected chi connectivity index (χ4v) is 2.45. The molecule has 0 bridgehead atoms. The first-order valence-electron chi connectivity index (χ1n) is 5.09. The first-order valence-corrected chi connectivity index (χ1v) is 6.50. The van der Waals surface area contributed by atoms with Crippen LogP contribution in [0.2, 0.25) is 0 Å². The zero-order valence-corrected chi connectivity index (χ0v) is 11.1. The van der Waals surface area contributed by atoms with Crippen LogP contribution in [0.25, 0.3) is 0 Å². The number of alkyl halides is 1. The highest BCUT2D eigenvalue weighted by Crippen LogP contribution is 2.17. The van der Waals surface area contributed by atoms with Crippen molar-refractivity contribution in [3.05, 3.63) is 21.9 Å². The van der Waals surface area contributed by atoms with E-state index in [2.05, 4.69) is 0 Å². The lowest BCUT2D eigenvalue weighted by molar-refractivity contribution is 0.0712. The van der Waals surface area contributed by atoms with Gasteiger partial charge in [0.05, 0.1) is 11.5 Å². The summed E-state index contributed by atoms with van der Waals surface area (Å²) < 4.78 is 4.98. The van der Waals surface area contributed by atoms with Gasteiger partial charge in [0.1, 0.15) is 0 Å². The molecular weight excluding hydrogens is 246 g/mol. The average molecular weight is 262 g/mol. The summed E-state index contributed by atoms with van der Waals surface area (Å²) in [7, 11) is 1.62. The van der Waals surface area contributed by atoms with E-state index < -0.39 is 0 Å². The number of carbonyl (C=O) groups excluding carboxylic acids is 1. The Labute approximate surface area is 105 Å². The molecule has 0 saturated carbocycles. The summed E-state index contributed by atoms with van der Waals surface area (Å²) in [6.45, 7) is 3.62. The van der Waals surface area contributed by atoms with E-state index in [0.717, 1.165) is 10.4 Å². The van der Waals surface area contributed by atoms with Crippen LogP contribution in [0, 0.1) is 6.92 Å². The van der Waals surface area contributed by atoms with Gasteiger partial charge in [0.25, 0.3) is 5.91 Å². The minimum atomic E-state index is 0.0465. The van der Waals surface area contributed by atoms with E-state index in [4.69, 9.17) is 16.3 Å². The van der Waals surface area contributed by atoms with Gasteiger partial charge in [-0.1, -0.05) is 0 Å². The number of methoxy groups -OCH3 is 1. The van der Waals surface area contributed by atoms with Gasteiger partial charge in [-0.25, -0.2) is 0 Å². The van der Waals surface area contributed by atoms with E-state index in [1.807, 2.05) is 18.4 Å². The van der Waals surface area contributed by atoms with Gasteiger partial charge < -0.3 is 9.64 Å². The molecule has 5 heteroatoms. The minimum absolute atomic E-state index is 0.0465. The molecule has 0 aliphatic rings. The highest BCUT2D eigenvalue weighted by molar-refractivity contribution is 7.12. The van der Waals surface area contributed by atoms with Gasteiger partial charge in [0, 0.05) is 26.1 Å². The molecule has 1 rings (SSSR count). The molecule has 0 spiro atoms. The zero-order valence-electron chi connectivity index (χ0n) is 9.53. The van der Waals surface area contributed by atoms with E-state index in [1.165, 1.54) is 11.3 Å². The number of thiophene rings is 1. The predicted octanol–water partition coefficient (Wildman–Crippen LogP) is 2.38. The van der Waals surface area contributed by atoms with Gasteiger partial charge >= 0.3 is 0 Å². The van der Waals surface area contributed by atoms with Crippen molar-refractivity contribution in [2.75, 3.05) is 32.7 Å². The molecule has 0 aliphatic carbocycles. The predicted molar refractivity (Wildman–Crippen MR) is 67.6 cm³/mol. The van der Waals surface area contributed by atoms with Crippen LogP contribution in [0.15, 0.2) is 11.4 Å². The van der Waals surface area contributed by atoms with Gasteiger partial charge in [-0.3, -0.25) is 4.79 Å². The lowest BCUT2D eigenvalue weighted by atomic mass is 10.2. The van der Waals surface area contributed by atoms with Crippen LogP contribution in [0.5, 0.6) is 0 Å². The van der Waals surface area contributed by atoms with E-state index in [0.29, 0.717) is 25.6 Å². The SMILES string of the molecule is COCCN(CCCl)C(=O)c1sccc1C. The summed E-state index contributed by atoms with van der Waals surface area (Å²) >= 11 is 7.16. The summed E-state index contributed by atoms with van der Waals surface area (Å²) in [6, 6.07) is 1.95. The average Bonchev–Trinajstić information content (AvgIpc) is 2.69. The molecule has 1 aromatic heterocycles. The monoisotopic (exact) mass is 261 g/mol. The number of hydrogen-bond donors (Lipinski definition) is 0. The number of aryl methyl sites for hydroxylation is 1. The Morgan fingerprint density at radius 2 is 2.31 bits per heavy atom. The standard InChI is InChI=1S/C11H16ClNO2S/c1-9-3-8-16-10(9)11(14)13(5-4-12)6-7-15-2/h3,8H,4-7H2,1-2H3. The van der Waals surface area contributed by atoms with E-state index in [-0.39, 0.29) is 5.91 Å². The molecule has 0 unspecified atom stereocenters. The number of ether oxygens (including phenoxy) is 1. The van der Waals surface area contributed by atoms with Crippen molar-refractivity contribution in [1.29, 1.82) is 0 Å². The van der Waals surface area contributed by atoms with Crippen molar-refractivity contribution < 1.29 is 9.53 Å². The third-order valence-corrected chi connectivity index (χ3v) is 3.44. The van der Waals surface area contributed by atoms with Gasteiger partial charge in [-0.2, -0.15) is 0 Å². The summed E-state index contributed by atoms with van der Waals surface area (Å²) in [6.07, 6.45) is 0. The second-order valence-corrected chi connectivity index (χ2v) is 4.70. The third kappa shape index (κ3) is 3.47. The molecule has 0 fully saturated rings. The van der Waals surface area contributed by atoms with Crippen LogP contribution in [0.4, 0.5) is 0 Å². The van der Waals surface area contributed by atoms with Gasteiger partial charge in [0.15, 0.2) is 0 Å². The van der Waals surface area contributed by atoms with Crippen molar-refractivity contribution >= 4 is 28.8 Å². The third-order valence-electron chi connectivity index (χ3n) is 2.26. The molecule has 16 heavy (non-hydrogen) atoms. The summed E-state index contributed by atoms with van der Waals surface area (Å²) in [5, 5.41) is 1.93. The molecule has 0 aliphatic heterocycles. The van der Waals surface area contributed by atoms with Gasteiger partial charge in [-0.05, 0) is 23.9 Å². The molecule has 90 valence electrons. The fourth-order valence-electron chi connectivity index (χ4n) is 1.35. The Morgan fingerprint density at radius 3 is 2.81 bits per heavy atom. The maximum atomic E-state index is 12.1. The van der Waals surface area contributed by atoms with Crippen molar-refractivity contribution in [1.82, 2.24) is 4.90 Å². The molecule has 0 N–H and O–H groups in total. The molecule has 0 aromatic carbocycles. The minimum Gasteiger partial charge on any atom is -0.383 e.